The fourth-order valence-electron chi connectivity index (χ4n) is 0.724. The molecule has 3 nitrogen and oxygen atoms in total. The van der Waals surface area contributed by atoms with E-state index >= 15 is 0 Å². The zero-order valence-corrected chi connectivity index (χ0v) is 6.70. The Balaban J connectivity index is 4.03. The lowest BCUT2D eigenvalue weighted by atomic mass is 10.0. The van der Waals surface area contributed by atoms with Crippen LogP contribution >= 0.6 is 0 Å². The molecule has 0 aromatic rings. The molecule has 2 N–H and O–H groups in total. The molecule has 0 fully saturated rings. The first-order valence-corrected chi connectivity index (χ1v) is 3.52. The molecule has 0 aliphatic carbocycles. The van der Waals surface area contributed by atoms with Crippen molar-refractivity contribution in [2.75, 3.05) is 0 Å². The van der Waals surface area contributed by atoms with Gasteiger partial charge in [0.2, 0.25) is 0 Å². The lowest BCUT2D eigenvalue weighted by Gasteiger charge is -2.13. The number of aliphatic hydroxyl groups is 1. The number of nitrogens with zero attached hydrogens (tertiary/aromatic N) is 1. The first-order valence-electron chi connectivity index (χ1n) is 3.52. The number of aliphatic hydroxyl groups excluding tert-OH is 1. The van der Waals surface area contributed by atoms with Gasteiger partial charge in [-0.3, -0.25) is 0 Å². The van der Waals surface area contributed by atoms with Crippen LogP contribution in [0.2, 0.25) is 0 Å². The minimum atomic E-state index is -0.602. The van der Waals surface area contributed by atoms with Crippen molar-refractivity contribution in [2.24, 2.45) is 11.1 Å². The smallest absolute Gasteiger partial charge is 0.0976 e. The van der Waals surface area contributed by atoms with Crippen molar-refractivity contribution >= 4 is 5.71 Å². The Hall–Kier alpha value is -0.570. The number of rotatable bonds is 3. The minimum absolute atomic E-state index is 0.117. The fourth-order valence-corrected chi connectivity index (χ4v) is 0.724. The van der Waals surface area contributed by atoms with E-state index < -0.39 is 6.10 Å². The molecule has 10 heavy (non-hydrogen) atoms. The van der Waals surface area contributed by atoms with Crippen molar-refractivity contribution in [1.29, 1.82) is 0 Å². The quantitative estimate of drug-likeness (QED) is 0.356. The maximum Gasteiger partial charge on any atom is 0.0976 e. The van der Waals surface area contributed by atoms with E-state index in [0.717, 1.165) is 0 Å². The average Bonchev–Trinajstić information content (AvgIpc) is 1.90. The Bertz CT molecular complexity index is 121. The van der Waals surface area contributed by atoms with Crippen molar-refractivity contribution in [3.63, 3.8) is 0 Å². The molecule has 0 saturated heterocycles. The molecular weight excluding hydrogens is 130 g/mol. The summed E-state index contributed by atoms with van der Waals surface area (Å²) in [6.07, 6.45) is -0.00875. The maximum absolute atomic E-state index is 9.30. The lowest BCUT2D eigenvalue weighted by molar-refractivity contribution is 0.181. The Kier molecular flexibility index (Phi) is 4.03. The highest BCUT2D eigenvalue weighted by atomic mass is 16.4. The molecule has 0 rings (SSSR count). The van der Waals surface area contributed by atoms with Crippen LogP contribution < -0.4 is 0 Å². The van der Waals surface area contributed by atoms with Gasteiger partial charge >= 0.3 is 0 Å². The van der Waals surface area contributed by atoms with E-state index in [1.165, 1.54) is 0 Å². The number of oxime groups is 1. The molecule has 0 radical (unpaired) electrons. The zero-order valence-electron chi connectivity index (χ0n) is 6.70. The second kappa shape index (κ2) is 4.28. The Morgan fingerprint density at radius 3 is 2.10 bits per heavy atom. The lowest BCUT2D eigenvalue weighted by Crippen LogP contribution is -2.25. The van der Waals surface area contributed by atoms with Crippen LogP contribution in [-0.2, 0) is 0 Å². The van der Waals surface area contributed by atoms with Gasteiger partial charge in [-0.1, -0.05) is 25.9 Å². The molecule has 0 aromatic heterocycles. The second-order valence-corrected chi connectivity index (χ2v) is 2.63. The molecule has 0 aromatic carbocycles. The van der Waals surface area contributed by atoms with E-state index in [1.54, 1.807) is 0 Å². The zero-order chi connectivity index (χ0) is 8.15. The molecule has 3 heteroatoms. The van der Waals surface area contributed by atoms with Gasteiger partial charge in [0, 0.05) is 0 Å². The molecule has 0 amide bonds. The van der Waals surface area contributed by atoms with Crippen LogP contribution in [0.4, 0.5) is 0 Å². The molecule has 0 saturated carbocycles. The van der Waals surface area contributed by atoms with Gasteiger partial charge in [-0.05, 0) is 12.3 Å². The van der Waals surface area contributed by atoms with Gasteiger partial charge in [0.1, 0.15) is 0 Å². The standard InChI is InChI=1S/C7H15NO2/c1-4-6(8-10)7(9)5(2)3/h5,7,9-10H,4H2,1-3H3. The molecule has 0 heterocycles. The summed E-state index contributed by atoms with van der Waals surface area (Å²) < 4.78 is 0. The van der Waals surface area contributed by atoms with E-state index in [9.17, 15) is 5.11 Å². The highest BCUT2D eigenvalue weighted by molar-refractivity contribution is 5.87. The van der Waals surface area contributed by atoms with Crippen LogP contribution in [0.15, 0.2) is 5.16 Å². The molecule has 1 unspecified atom stereocenters. The van der Waals surface area contributed by atoms with Gasteiger partial charge in [0.15, 0.2) is 0 Å². The third-order valence-corrected chi connectivity index (χ3v) is 1.46. The van der Waals surface area contributed by atoms with Crippen molar-refractivity contribution in [3.8, 4) is 0 Å². The molecule has 0 bridgehead atoms. The van der Waals surface area contributed by atoms with Crippen LogP contribution in [0.5, 0.6) is 0 Å². The van der Waals surface area contributed by atoms with Crippen LogP contribution in [0.25, 0.3) is 0 Å². The highest BCUT2D eigenvalue weighted by Gasteiger charge is 2.14. The summed E-state index contributed by atoms with van der Waals surface area (Å²) in [5.74, 6) is 0.117. The molecule has 0 spiro atoms. The first kappa shape index (κ1) is 9.43. The van der Waals surface area contributed by atoms with Crippen molar-refractivity contribution < 1.29 is 10.3 Å². The van der Waals surface area contributed by atoms with Crippen LogP contribution in [0, 0.1) is 5.92 Å². The molecular formula is C7H15NO2. The van der Waals surface area contributed by atoms with Gasteiger partial charge < -0.3 is 10.3 Å². The van der Waals surface area contributed by atoms with Gasteiger partial charge in [-0.25, -0.2) is 0 Å². The third kappa shape index (κ3) is 2.35. The van der Waals surface area contributed by atoms with Crippen LogP contribution in [-0.4, -0.2) is 22.1 Å². The third-order valence-electron chi connectivity index (χ3n) is 1.46. The largest absolute Gasteiger partial charge is 0.411 e. The second-order valence-electron chi connectivity index (χ2n) is 2.63. The topological polar surface area (TPSA) is 52.8 Å². The molecule has 1 atom stereocenters. The van der Waals surface area contributed by atoms with Gasteiger partial charge in [0.05, 0.1) is 11.8 Å². The van der Waals surface area contributed by atoms with Gasteiger partial charge in [-0.15, -0.1) is 0 Å². The molecule has 60 valence electrons. The summed E-state index contributed by atoms with van der Waals surface area (Å²) in [6, 6.07) is 0. The minimum Gasteiger partial charge on any atom is -0.411 e. The molecule has 0 aliphatic heterocycles. The Morgan fingerprint density at radius 1 is 1.50 bits per heavy atom. The number of hydrogen-bond donors (Lipinski definition) is 2. The summed E-state index contributed by atoms with van der Waals surface area (Å²) in [4.78, 5) is 0. The maximum atomic E-state index is 9.30. The van der Waals surface area contributed by atoms with Crippen LogP contribution in [0.1, 0.15) is 27.2 Å². The summed E-state index contributed by atoms with van der Waals surface area (Å²) in [7, 11) is 0. The summed E-state index contributed by atoms with van der Waals surface area (Å²) in [5, 5.41) is 20.7. The van der Waals surface area contributed by atoms with Gasteiger partial charge in [-0.2, -0.15) is 0 Å². The van der Waals surface area contributed by atoms with Crippen molar-refractivity contribution in [3.05, 3.63) is 0 Å². The predicted octanol–water partition coefficient (Wildman–Crippen LogP) is 1.24. The average molecular weight is 145 g/mol. The van der Waals surface area contributed by atoms with Crippen LogP contribution in [0.3, 0.4) is 0 Å². The van der Waals surface area contributed by atoms with Crippen molar-refractivity contribution in [2.45, 2.75) is 33.3 Å². The van der Waals surface area contributed by atoms with E-state index in [2.05, 4.69) is 5.16 Å². The number of hydrogen-bond acceptors (Lipinski definition) is 3. The van der Waals surface area contributed by atoms with Crippen molar-refractivity contribution in [1.82, 2.24) is 0 Å². The Morgan fingerprint density at radius 2 is 2.00 bits per heavy atom. The normalized spacial score (nSPS) is 15.9. The van der Waals surface area contributed by atoms with E-state index in [0.29, 0.717) is 12.1 Å². The highest BCUT2D eigenvalue weighted by Crippen LogP contribution is 2.05. The summed E-state index contributed by atoms with van der Waals surface area (Å²) >= 11 is 0. The first-order chi connectivity index (χ1) is 4.63. The SMILES string of the molecule is CCC(=NO)C(O)C(C)C. The summed E-state index contributed by atoms with van der Waals surface area (Å²) in [5.41, 5.74) is 0.454. The monoisotopic (exact) mass is 145 g/mol. The van der Waals surface area contributed by atoms with E-state index in [-0.39, 0.29) is 5.92 Å². The fraction of sp³-hybridized carbons (Fsp3) is 0.857. The van der Waals surface area contributed by atoms with Gasteiger partial charge in [0.25, 0.3) is 0 Å². The predicted molar refractivity (Wildman–Crippen MR) is 40.4 cm³/mol. The molecule has 0 aliphatic rings. The summed E-state index contributed by atoms with van der Waals surface area (Å²) in [6.45, 7) is 5.61. The van der Waals surface area contributed by atoms with E-state index in [4.69, 9.17) is 5.21 Å². The Labute approximate surface area is 61.4 Å². The van der Waals surface area contributed by atoms with E-state index in [1.807, 2.05) is 20.8 Å².